The first kappa shape index (κ1) is 7.35. The van der Waals surface area contributed by atoms with Crippen LogP contribution in [0.2, 0.25) is 0 Å². The predicted octanol–water partition coefficient (Wildman–Crippen LogP) is -1.50. The summed E-state index contributed by atoms with van der Waals surface area (Å²) in [7, 11) is 5.06. The molecule has 0 aromatic carbocycles. The number of carbonyl (C=O) groups is 1. The molecular weight excluding hydrogens is 140 g/mol. The van der Waals surface area contributed by atoms with Gasteiger partial charge in [-0.2, -0.15) is 0 Å². The minimum absolute atomic E-state index is 0.278. The molecule has 0 unspecified atom stereocenters. The highest BCUT2D eigenvalue weighted by Gasteiger charge is 2.00. The van der Waals surface area contributed by atoms with Crippen LogP contribution in [-0.2, 0) is 14.0 Å². The van der Waals surface area contributed by atoms with Gasteiger partial charge in [-0.1, -0.05) is 0 Å². The fourth-order valence-corrected chi connectivity index (χ4v) is 0.348. The van der Waals surface area contributed by atoms with Gasteiger partial charge in [0.15, 0.2) is 0 Å². The molecule has 0 aromatic rings. The number of carbonyl (C=O) groups excluding carboxylic acids is 2. The van der Waals surface area contributed by atoms with Crippen molar-refractivity contribution in [2.75, 3.05) is 0 Å². The molecule has 0 saturated heterocycles. The van der Waals surface area contributed by atoms with E-state index in [0.717, 1.165) is 0 Å². The summed E-state index contributed by atoms with van der Waals surface area (Å²) >= 11 is 0. The lowest BCUT2D eigenvalue weighted by atomic mass is 10.6. The van der Waals surface area contributed by atoms with Gasteiger partial charge >= 0.3 is 16.5 Å². The van der Waals surface area contributed by atoms with Crippen LogP contribution >= 0.6 is 0 Å². The maximum absolute atomic E-state index is 10.1. The van der Waals surface area contributed by atoms with Crippen LogP contribution < -0.4 is 0 Å². The molecule has 6 radical (unpaired) electrons. The number of rotatable bonds is 1. The number of hydrogen-bond donors (Lipinski definition) is 0. The van der Waals surface area contributed by atoms with Crippen molar-refractivity contribution in [2.45, 2.75) is 0 Å². The van der Waals surface area contributed by atoms with E-state index in [2.05, 4.69) is 25.2 Å². The molecule has 0 atom stereocenters. The van der Waals surface area contributed by atoms with E-state index in [9.17, 15) is 9.59 Å². The molecule has 8 heavy (non-hydrogen) atoms. The molecule has 0 fully saturated rings. The summed E-state index contributed by atoms with van der Waals surface area (Å²) in [6.45, 7) is 0. The van der Waals surface area contributed by atoms with E-state index in [1.54, 1.807) is 0 Å². The van der Waals surface area contributed by atoms with Crippen LogP contribution in [0.4, 0.5) is 0 Å². The normalized spacial score (nSPS) is 7.25. The first-order valence-corrected chi connectivity index (χ1v) is 2.47. The third kappa shape index (κ3) is 1.88. The molecule has 0 aliphatic rings. The van der Waals surface area contributed by atoms with Crippen LogP contribution in [0.15, 0.2) is 5.20 Å². The highest BCUT2D eigenvalue weighted by atomic mass is 28.2. The smallest absolute Gasteiger partial charge is 0.345 e. The molecular formula is C3O3Si2. The Kier molecular flexibility index (Phi) is 3.10. The van der Waals surface area contributed by atoms with Crippen LogP contribution in [0.3, 0.4) is 0 Å². The average molecular weight is 140 g/mol. The maximum atomic E-state index is 10.1. The first-order chi connectivity index (χ1) is 3.72. The van der Waals surface area contributed by atoms with Crippen molar-refractivity contribution in [3.63, 3.8) is 0 Å². The van der Waals surface area contributed by atoms with Gasteiger partial charge in [0.05, 0.1) is 15.4 Å². The molecule has 0 heterocycles. The summed E-state index contributed by atoms with van der Waals surface area (Å²) in [6, 6.07) is 0. The van der Waals surface area contributed by atoms with Crippen molar-refractivity contribution in [1.29, 1.82) is 0 Å². The van der Waals surface area contributed by atoms with Gasteiger partial charge in [-0.15, -0.1) is 0 Å². The van der Waals surface area contributed by atoms with Crippen LogP contribution in [0, 0.1) is 0 Å². The van der Waals surface area contributed by atoms with Crippen molar-refractivity contribution >= 4 is 32.6 Å². The van der Waals surface area contributed by atoms with Crippen molar-refractivity contribution in [1.82, 2.24) is 0 Å². The second-order valence-electron chi connectivity index (χ2n) is 0.867. The van der Waals surface area contributed by atoms with E-state index < -0.39 is 5.97 Å². The second kappa shape index (κ2) is 3.37. The van der Waals surface area contributed by atoms with Crippen LogP contribution in [0.25, 0.3) is 0 Å². The van der Waals surface area contributed by atoms with Crippen molar-refractivity contribution in [2.24, 2.45) is 0 Å². The van der Waals surface area contributed by atoms with Gasteiger partial charge in [0, 0.05) is 0 Å². The van der Waals surface area contributed by atoms with Gasteiger partial charge < -0.3 is 4.43 Å². The second-order valence-corrected chi connectivity index (χ2v) is 1.57. The topological polar surface area (TPSA) is 43.4 Å². The van der Waals surface area contributed by atoms with Crippen LogP contribution in [-0.4, -0.2) is 32.6 Å². The van der Waals surface area contributed by atoms with E-state index in [1.807, 2.05) is 0 Å². The Balaban J connectivity index is 4.04. The van der Waals surface area contributed by atoms with Crippen molar-refractivity contribution < 1.29 is 14.0 Å². The van der Waals surface area contributed by atoms with E-state index in [0.29, 0.717) is 0 Å². The fraction of sp³-hybridized carbons (Fsp3) is 0. The van der Waals surface area contributed by atoms with E-state index in [1.165, 1.54) is 5.94 Å². The molecule has 0 rings (SSSR count). The Morgan fingerprint density at radius 1 is 1.62 bits per heavy atom. The van der Waals surface area contributed by atoms with Crippen molar-refractivity contribution in [3.8, 4) is 0 Å². The molecule has 0 aromatic heterocycles. The largest absolute Gasteiger partial charge is 0.513 e. The molecule has 3 nitrogen and oxygen atoms in total. The quantitative estimate of drug-likeness (QED) is 0.253. The maximum Gasteiger partial charge on any atom is 0.345 e. The van der Waals surface area contributed by atoms with Crippen LogP contribution in [0.1, 0.15) is 0 Å². The lowest BCUT2D eigenvalue weighted by Gasteiger charge is -1.89. The molecule has 0 amide bonds. The van der Waals surface area contributed by atoms with Crippen molar-refractivity contribution in [3.05, 3.63) is 5.20 Å². The van der Waals surface area contributed by atoms with Gasteiger partial charge in [-0.25, -0.2) is 9.59 Å². The van der Waals surface area contributed by atoms with Gasteiger partial charge in [0.1, 0.15) is 5.94 Å². The van der Waals surface area contributed by atoms with E-state index in [-0.39, 0.29) is 5.20 Å². The highest BCUT2D eigenvalue weighted by molar-refractivity contribution is 6.40. The summed E-state index contributed by atoms with van der Waals surface area (Å²) in [5.74, 6) is 0.492. The molecule has 0 bridgehead atoms. The SMILES string of the molecule is O=C=C([Si])C(=O)O[Si]. The summed E-state index contributed by atoms with van der Waals surface area (Å²) in [4.78, 5) is 19.7. The Morgan fingerprint density at radius 2 is 2.12 bits per heavy atom. The minimum atomic E-state index is -0.798. The van der Waals surface area contributed by atoms with Gasteiger partial charge in [0.2, 0.25) is 0 Å². The lowest BCUT2D eigenvalue weighted by Crippen LogP contribution is -2.05. The first-order valence-electron chi connectivity index (χ1n) is 1.57. The molecule has 5 heteroatoms. The molecule has 0 saturated carbocycles. The third-order valence-corrected chi connectivity index (χ3v) is 0.890. The van der Waals surface area contributed by atoms with Crippen LogP contribution in [0.5, 0.6) is 0 Å². The lowest BCUT2D eigenvalue weighted by molar-refractivity contribution is -0.128. The molecule has 38 valence electrons. The Morgan fingerprint density at radius 3 is 2.25 bits per heavy atom. The summed E-state index contributed by atoms with van der Waals surface area (Å²) < 4.78 is 3.92. The Hall–Kier alpha value is -0.646. The molecule has 0 aliphatic carbocycles. The summed E-state index contributed by atoms with van der Waals surface area (Å²) in [5, 5.41) is -0.278. The summed E-state index contributed by atoms with van der Waals surface area (Å²) in [5.41, 5.74) is 0. The molecule has 0 spiro atoms. The highest BCUT2D eigenvalue weighted by Crippen LogP contribution is 1.80. The van der Waals surface area contributed by atoms with Gasteiger partial charge in [0.25, 0.3) is 0 Å². The standard InChI is InChI=1S/C3O3Si2/c4-1-2(7)3(5)6-8. The summed E-state index contributed by atoms with van der Waals surface area (Å²) in [6.07, 6.45) is 0. The third-order valence-electron chi connectivity index (χ3n) is 0.399. The fourth-order valence-electron chi connectivity index (χ4n) is 0.0927. The molecule has 0 N–H and O–H groups in total. The predicted molar refractivity (Wildman–Crippen MR) is 26.8 cm³/mol. The zero-order chi connectivity index (χ0) is 6.57. The Bertz CT molecular complexity index is 147. The number of hydrogen-bond acceptors (Lipinski definition) is 3. The van der Waals surface area contributed by atoms with E-state index in [4.69, 9.17) is 0 Å². The Labute approximate surface area is 52.7 Å². The monoisotopic (exact) mass is 140 g/mol. The van der Waals surface area contributed by atoms with E-state index >= 15 is 0 Å². The minimum Gasteiger partial charge on any atom is -0.513 e. The zero-order valence-electron chi connectivity index (χ0n) is 3.72. The van der Waals surface area contributed by atoms with Gasteiger partial charge in [-0.05, 0) is 0 Å². The average Bonchev–Trinajstić information content (AvgIpc) is 1.84. The molecule has 0 aliphatic heterocycles. The van der Waals surface area contributed by atoms with Gasteiger partial charge in [-0.3, -0.25) is 0 Å². The zero-order valence-corrected chi connectivity index (χ0v) is 5.72.